The van der Waals surface area contributed by atoms with Gasteiger partial charge in [0, 0.05) is 10.6 Å². The van der Waals surface area contributed by atoms with Crippen LogP contribution in [0.2, 0.25) is 5.02 Å². The van der Waals surface area contributed by atoms with E-state index in [2.05, 4.69) is 27.6 Å². The van der Waals surface area contributed by atoms with E-state index in [-0.39, 0.29) is 12.3 Å². The van der Waals surface area contributed by atoms with E-state index in [1.165, 1.54) is 5.56 Å². The Balaban J connectivity index is 1.57. The van der Waals surface area contributed by atoms with Gasteiger partial charge in [-0.1, -0.05) is 66.2 Å². The number of aryl methyl sites for hydroxylation is 2. The second-order valence-electron chi connectivity index (χ2n) is 7.53. The molecule has 0 aliphatic rings. The maximum atomic E-state index is 12.7. The van der Waals surface area contributed by atoms with E-state index in [1.54, 1.807) is 42.6 Å². The van der Waals surface area contributed by atoms with Gasteiger partial charge in [-0.15, -0.1) is 4.91 Å². The average molecular weight is 457 g/mol. The maximum absolute atomic E-state index is 12.7. The van der Waals surface area contributed by atoms with Crippen LogP contribution in [0.4, 0.5) is 11.5 Å². The number of nitrogens with one attached hydrogen (secondary N) is 1. The second kappa shape index (κ2) is 10.6. The highest BCUT2D eigenvalue weighted by molar-refractivity contribution is 6.30. The predicted octanol–water partition coefficient (Wildman–Crippen LogP) is 6.16. The molecule has 0 bridgehead atoms. The van der Waals surface area contributed by atoms with Crippen LogP contribution in [0.25, 0.3) is 11.3 Å². The molecule has 1 heterocycles. The zero-order valence-electron chi connectivity index (χ0n) is 17.7. The summed E-state index contributed by atoms with van der Waals surface area (Å²) >= 11 is 5.93. The van der Waals surface area contributed by atoms with Gasteiger partial charge in [0.05, 0.1) is 24.0 Å². The Hall–Kier alpha value is -3.90. The molecular weight excluding hydrogens is 436 g/mol. The van der Waals surface area contributed by atoms with Crippen molar-refractivity contribution in [3.8, 4) is 11.3 Å². The van der Waals surface area contributed by atoms with Crippen LogP contribution in [0.1, 0.15) is 16.8 Å². The summed E-state index contributed by atoms with van der Waals surface area (Å²) in [6.45, 7) is 0. The number of carbonyl (C=O) groups excluding carboxylic acids is 1. The lowest BCUT2D eigenvalue weighted by Gasteiger charge is -2.12. The van der Waals surface area contributed by atoms with Crippen LogP contribution in [0.3, 0.4) is 0 Å². The lowest BCUT2D eigenvalue weighted by molar-refractivity contribution is -0.115. The van der Waals surface area contributed by atoms with Crippen molar-refractivity contribution in [3.05, 3.63) is 112 Å². The van der Waals surface area contributed by atoms with E-state index in [4.69, 9.17) is 16.6 Å². The summed E-state index contributed by atoms with van der Waals surface area (Å²) in [5.41, 5.74) is 4.54. The molecule has 164 valence electrons. The molecule has 0 saturated heterocycles. The Labute approximate surface area is 196 Å². The summed E-state index contributed by atoms with van der Waals surface area (Å²) in [5, 5.41) is 6.46. The molecule has 0 radical (unpaired) electrons. The first-order valence-corrected chi connectivity index (χ1v) is 10.9. The normalized spacial score (nSPS) is 10.6. The van der Waals surface area contributed by atoms with E-state index in [9.17, 15) is 9.70 Å². The van der Waals surface area contributed by atoms with Crippen molar-refractivity contribution in [2.45, 2.75) is 19.3 Å². The minimum atomic E-state index is -0.179. The van der Waals surface area contributed by atoms with Gasteiger partial charge in [0.1, 0.15) is 5.69 Å². The number of anilines is 1. The Morgan fingerprint density at radius 2 is 1.61 bits per heavy atom. The zero-order valence-corrected chi connectivity index (χ0v) is 18.5. The summed E-state index contributed by atoms with van der Waals surface area (Å²) in [5.74, 6) is 0.265. The largest absolute Gasteiger partial charge is 0.309 e. The number of benzene rings is 3. The molecule has 0 spiro atoms. The van der Waals surface area contributed by atoms with Crippen molar-refractivity contribution >= 4 is 29.0 Å². The highest BCUT2D eigenvalue weighted by atomic mass is 35.5. The van der Waals surface area contributed by atoms with E-state index in [1.807, 2.05) is 30.3 Å². The highest BCUT2D eigenvalue weighted by Crippen LogP contribution is 2.23. The molecule has 4 aromatic rings. The molecule has 7 heteroatoms. The van der Waals surface area contributed by atoms with Crippen molar-refractivity contribution in [1.82, 2.24) is 9.97 Å². The van der Waals surface area contributed by atoms with Crippen molar-refractivity contribution in [2.75, 3.05) is 5.32 Å². The SMILES string of the molecule is O=Nc1ccc(-c2cnc(NC(=O)Cc3ccc(Cl)cc3)c(CCc3ccccc3)n2)cc1. The van der Waals surface area contributed by atoms with Crippen molar-refractivity contribution < 1.29 is 4.79 Å². The first-order chi connectivity index (χ1) is 16.1. The number of hydrogen-bond donors (Lipinski definition) is 1. The number of halogens is 1. The minimum Gasteiger partial charge on any atom is -0.309 e. The molecule has 1 N–H and O–H groups in total. The Morgan fingerprint density at radius 1 is 0.879 bits per heavy atom. The number of amides is 1. The number of carbonyl (C=O) groups is 1. The first-order valence-electron chi connectivity index (χ1n) is 10.5. The average Bonchev–Trinajstić information content (AvgIpc) is 2.85. The predicted molar refractivity (Wildman–Crippen MR) is 131 cm³/mol. The van der Waals surface area contributed by atoms with Gasteiger partial charge >= 0.3 is 0 Å². The summed E-state index contributed by atoms with van der Waals surface area (Å²) < 4.78 is 0. The molecule has 1 aromatic heterocycles. The fraction of sp³-hybridized carbons (Fsp3) is 0.115. The molecule has 3 aromatic carbocycles. The van der Waals surface area contributed by atoms with Crippen LogP contribution in [0, 0.1) is 4.91 Å². The van der Waals surface area contributed by atoms with Gasteiger partial charge < -0.3 is 5.32 Å². The minimum absolute atomic E-state index is 0.179. The van der Waals surface area contributed by atoms with Gasteiger partial charge in [-0.25, -0.2) is 9.97 Å². The monoisotopic (exact) mass is 456 g/mol. The van der Waals surface area contributed by atoms with E-state index in [0.29, 0.717) is 34.3 Å². The van der Waals surface area contributed by atoms with Gasteiger partial charge in [-0.3, -0.25) is 4.79 Å². The van der Waals surface area contributed by atoms with Crippen LogP contribution in [0.5, 0.6) is 0 Å². The molecule has 1 amide bonds. The van der Waals surface area contributed by atoms with E-state index < -0.39 is 0 Å². The topological polar surface area (TPSA) is 84.3 Å². The lowest BCUT2D eigenvalue weighted by atomic mass is 10.1. The molecule has 0 aliphatic carbocycles. The third-order valence-corrected chi connectivity index (χ3v) is 5.39. The Bertz CT molecular complexity index is 1240. The fourth-order valence-corrected chi connectivity index (χ4v) is 3.54. The maximum Gasteiger partial charge on any atom is 0.229 e. The molecule has 0 unspecified atom stereocenters. The number of aromatic nitrogens is 2. The Kier molecular flexibility index (Phi) is 7.17. The lowest BCUT2D eigenvalue weighted by Crippen LogP contribution is -2.17. The smallest absolute Gasteiger partial charge is 0.229 e. The molecule has 0 fully saturated rings. The molecular formula is C26H21ClN4O2. The summed E-state index contributed by atoms with van der Waals surface area (Å²) in [6, 6.07) is 24.1. The van der Waals surface area contributed by atoms with Crippen LogP contribution >= 0.6 is 11.6 Å². The van der Waals surface area contributed by atoms with E-state index >= 15 is 0 Å². The van der Waals surface area contributed by atoms with Gasteiger partial charge in [-0.2, -0.15) is 0 Å². The summed E-state index contributed by atoms with van der Waals surface area (Å²) in [4.78, 5) is 32.7. The third-order valence-electron chi connectivity index (χ3n) is 5.14. The quantitative estimate of drug-likeness (QED) is 0.322. The molecule has 0 aliphatic heterocycles. The van der Waals surface area contributed by atoms with Crippen LogP contribution < -0.4 is 5.32 Å². The molecule has 33 heavy (non-hydrogen) atoms. The van der Waals surface area contributed by atoms with Gasteiger partial charge in [0.25, 0.3) is 0 Å². The Morgan fingerprint density at radius 3 is 2.30 bits per heavy atom. The zero-order chi connectivity index (χ0) is 23.0. The van der Waals surface area contributed by atoms with Crippen molar-refractivity contribution in [2.24, 2.45) is 5.18 Å². The highest BCUT2D eigenvalue weighted by Gasteiger charge is 2.13. The number of nitroso groups, excluding NO2 is 1. The van der Waals surface area contributed by atoms with Crippen LogP contribution in [0.15, 0.2) is 90.2 Å². The van der Waals surface area contributed by atoms with Crippen LogP contribution in [-0.2, 0) is 24.1 Å². The number of nitrogens with zero attached hydrogens (tertiary/aromatic N) is 3. The van der Waals surface area contributed by atoms with Gasteiger partial charge in [0.15, 0.2) is 5.82 Å². The molecule has 6 nitrogen and oxygen atoms in total. The molecule has 0 saturated carbocycles. The first kappa shape index (κ1) is 22.3. The van der Waals surface area contributed by atoms with Gasteiger partial charge in [-0.05, 0) is 53.4 Å². The van der Waals surface area contributed by atoms with Crippen LogP contribution in [-0.4, -0.2) is 15.9 Å². The second-order valence-corrected chi connectivity index (χ2v) is 7.96. The number of hydrogen-bond acceptors (Lipinski definition) is 5. The molecule has 4 rings (SSSR count). The fourth-order valence-electron chi connectivity index (χ4n) is 3.41. The van der Waals surface area contributed by atoms with E-state index in [0.717, 1.165) is 17.5 Å². The standard InChI is InChI=1S/C26H21ClN4O2/c27-21-11-6-19(7-12-21)16-25(32)30-26-23(15-8-18-4-2-1-3-5-18)29-24(17-28-26)20-9-13-22(31-33)14-10-20/h1-7,9-14,17H,8,15-16H2,(H,28,30,32). The van der Waals surface area contributed by atoms with Crippen molar-refractivity contribution in [1.29, 1.82) is 0 Å². The summed E-state index contributed by atoms with van der Waals surface area (Å²) in [6.07, 6.45) is 3.19. The third kappa shape index (κ3) is 6.08. The van der Waals surface area contributed by atoms with Crippen molar-refractivity contribution in [3.63, 3.8) is 0 Å². The molecule has 0 atom stereocenters. The number of rotatable bonds is 8. The summed E-state index contributed by atoms with van der Waals surface area (Å²) in [7, 11) is 0. The van der Waals surface area contributed by atoms with Gasteiger partial charge in [0.2, 0.25) is 5.91 Å².